The van der Waals surface area contributed by atoms with E-state index in [0.29, 0.717) is 6.07 Å². The summed E-state index contributed by atoms with van der Waals surface area (Å²) in [6.07, 6.45) is 1.31. The first kappa shape index (κ1) is 14.0. The molecule has 0 spiro atoms. The summed E-state index contributed by atoms with van der Waals surface area (Å²) in [4.78, 5) is 3.70. The van der Waals surface area contributed by atoms with Gasteiger partial charge < -0.3 is 4.74 Å². The molecular formula is C15H11F4NO. The molecule has 1 aliphatic rings. The molecule has 0 aliphatic carbocycles. The summed E-state index contributed by atoms with van der Waals surface area (Å²) in [6, 6.07) is 5.16. The first-order chi connectivity index (χ1) is 9.87. The second-order valence-corrected chi connectivity index (χ2v) is 5.04. The lowest BCUT2D eigenvalue weighted by molar-refractivity contribution is -0.0901. The number of ether oxygens (including phenoxy) is 1. The summed E-state index contributed by atoms with van der Waals surface area (Å²) in [7, 11) is 0. The molecule has 1 fully saturated rings. The third kappa shape index (κ3) is 2.10. The summed E-state index contributed by atoms with van der Waals surface area (Å²) in [5.41, 5.74) is -2.26. The Morgan fingerprint density at radius 1 is 1.19 bits per heavy atom. The average molecular weight is 297 g/mol. The highest BCUT2D eigenvalue weighted by Crippen LogP contribution is 2.56. The van der Waals surface area contributed by atoms with Gasteiger partial charge in [-0.1, -0.05) is 6.07 Å². The standard InChI is InChI=1S/C15H11F4NO/c1-9-2-5-13(20-7-9)15(18,19)14(8-21-14)11-4-3-10(16)6-12(11)17/h2-7H,8H2,1H3/t14-/m1/s1. The quantitative estimate of drug-likeness (QED) is 0.638. The molecule has 2 aromatic rings. The Morgan fingerprint density at radius 3 is 2.43 bits per heavy atom. The molecule has 0 saturated carbocycles. The number of halogens is 4. The molecule has 3 rings (SSSR count). The number of epoxide rings is 1. The monoisotopic (exact) mass is 297 g/mol. The number of hydrogen-bond acceptors (Lipinski definition) is 2. The Labute approximate surface area is 118 Å². The number of nitrogens with zero attached hydrogens (tertiary/aromatic N) is 1. The summed E-state index contributed by atoms with van der Waals surface area (Å²) >= 11 is 0. The zero-order valence-electron chi connectivity index (χ0n) is 11.0. The molecule has 1 saturated heterocycles. The third-order valence-electron chi connectivity index (χ3n) is 3.54. The highest BCUT2D eigenvalue weighted by Gasteiger charge is 2.68. The highest BCUT2D eigenvalue weighted by atomic mass is 19.3. The van der Waals surface area contributed by atoms with E-state index in [1.807, 2.05) is 0 Å². The van der Waals surface area contributed by atoms with Gasteiger partial charge in [0.05, 0.1) is 6.61 Å². The van der Waals surface area contributed by atoms with Gasteiger partial charge in [0.2, 0.25) is 0 Å². The number of rotatable bonds is 3. The van der Waals surface area contributed by atoms with Crippen LogP contribution in [0.25, 0.3) is 0 Å². The van der Waals surface area contributed by atoms with Crippen LogP contribution < -0.4 is 0 Å². The lowest BCUT2D eigenvalue weighted by Gasteiger charge is -2.24. The zero-order valence-corrected chi connectivity index (χ0v) is 11.0. The van der Waals surface area contributed by atoms with Gasteiger partial charge >= 0.3 is 5.92 Å². The van der Waals surface area contributed by atoms with Crippen molar-refractivity contribution < 1.29 is 22.3 Å². The minimum atomic E-state index is -3.51. The molecule has 1 atom stereocenters. The van der Waals surface area contributed by atoms with Crippen molar-refractivity contribution in [1.82, 2.24) is 4.98 Å². The first-order valence-electron chi connectivity index (χ1n) is 6.27. The highest BCUT2D eigenvalue weighted by molar-refractivity contribution is 5.35. The molecule has 21 heavy (non-hydrogen) atoms. The van der Waals surface area contributed by atoms with Gasteiger partial charge in [0.1, 0.15) is 17.3 Å². The predicted octanol–water partition coefficient (Wildman–Crippen LogP) is 3.69. The van der Waals surface area contributed by atoms with Crippen LogP contribution >= 0.6 is 0 Å². The molecule has 6 heteroatoms. The second-order valence-electron chi connectivity index (χ2n) is 5.04. The van der Waals surface area contributed by atoms with Crippen molar-refractivity contribution in [1.29, 1.82) is 0 Å². The fourth-order valence-electron chi connectivity index (χ4n) is 2.26. The Kier molecular flexibility index (Phi) is 3.02. The van der Waals surface area contributed by atoms with E-state index in [0.717, 1.165) is 17.7 Å². The smallest absolute Gasteiger partial charge is 0.324 e. The summed E-state index contributed by atoms with van der Waals surface area (Å²) in [5, 5.41) is 0. The van der Waals surface area contributed by atoms with Gasteiger partial charge in [-0.3, -0.25) is 4.98 Å². The van der Waals surface area contributed by atoms with Gasteiger partial charge in [0.15, 0.2) is 5.60 Å². The Balaban J connectivity index is 2.06. The number of aromatic nitrogens is 1. The van der Waals surface area contributed by atoms with E-state index in [-0.39, 0.29) is 12.2 Å². The van der Waals surface area contributed by atoms with E-state index in [4.69, 9.17) is 4.74 Å². The lowest BCUT2D eigenvalue weighted by atomic mass is 9.90. The van der Waals surface area contributed by atoms with Crippen LogP contribution in [0.2, 0.25) is 0 Å². The number of pyridine rings is 1. The van der Waals surface area contributed by atoms with Gasteiger partial charge in [-0.05, 0) is 30.7 Å². The largest absolute Gasteiger partial charge is 0.357 e. The van der Waals surface area contributed by atoms with Crippen molar-refractivity contribution in [2.75, 3.05) is 6.61 Å². The van der Waals surface area contributed by atoms with E-state index >= 15 is 0 Å². The lowest BCUT2D eigenvalue weighted by Crippen LogP contribution is -2.34. The summed E-state index contributed by atoms with van der Waals surface area (Å²) in [6.45, 7) is 1.37. The van der Waals surface area contributed by atoms with Crippen LogP contribution in [0, 0.1) is 18.6 Å². The third-order valence-corrected chi connectivity index (χ3v) is 3.54. The molecule has 110 valence electrons. The second kappa shape index (κ2) is 4.53. The Hall–Kier alpha value is -1.95. The van der Waals surface area contributed by atoms with Crippen molar-refractivity contribution in [3.63, 3.8) is 0 Å². The van der Waals surface area contributed by atoms with E-state index in [1.54, 1.807) is 6.92 Å². The van der Waals surface area contributed by atoms with Crippen molar-refractivity contribution in [2.45, 2.75) is 18.4 Å². The van der Waals surface area contributed by atoms with Crippen LogP contribution in [0.4, 0.5) is 17.6 Å². The number of alkyl halides is 2. The average Bonchev–Trinajstić information content (AvgIpc) is 3.21. The Bertz CT molecular complexity index is 681. The molecule has 0 bridgehead atoms. The predicted molar refractivity (Wildman–Crippen MR) is 66.9 cm³/mol. The maximum absolute atomic E-state index is 14.6. The molecule has 0 amide bonds. The molecular weight excluding hydrogens is 286 g/mol. The maximum Gasteiger partial charge on any atom is 0.324 e. The van der Waals surface area contributed by atoms with E-state index < -0.39 is 28.9 Å². The van der Waals surface area contributed by atoms with Crippen LogP contribution in [0.1, 0.15) is 16.8 Å². The van der Waals surface area contributed by atoms with Gasteiger partial charge in [-0.2, -0.15) is 8.78 Å². The fourth-order valence-corrected chi connectivity index (χ4v) is 2.26. The molecule has 2 nitrogen and oxygen atoms in total. The van der Waals surface area contributed by atoms with Crippen LogP contribution in [0.3, 0.4) is 0 Å². The van der Waals surface area contributed by atoms with Crippen LogP contribution in [-0.4, -0.2) is 11.6 Å². The number of benzene rings is 1. The maximum atomic E-state index is 14.6. The molecule has 2 heterocycles. The minimum Gasteiger partial charge on any atom is -0.357 e. The molecule has 1 aliphatic heterocycles. The molecule has 0 radical (unpaired) electrons. The van der Waals surface area contributed by atoms with Gasteiger partial charge in [0.25, 0.3) is 0 Å². The molecule has 1 aromatic carbocycles. The summed E-state index contributed by atoms with van der Waals surface area (Å²) < 4.78 is 61.0. The van der Waals surface area contributed by atoms with Crippen LogP contribution in [0.15, 0.2) is 36.5 Å². The van der Waals surface area contributed by atoms with Crippen LogP contribution in [-0.2, 0) is 16.3 Å². The van der Waals surface area contributed by atoms with Gasteiger partial charge in [-0.15, -0.1) is 0 Å². The van der Waals surface area contributed by atoms with E-state index in [1.165, 1.54) is 18.3 Å². The van der Waals surface area contributed by atoms with E-state index in [9.17, 15) is 17.6 Å². The van der Waals surface area contributed by atoms with Crippen molar-refractivity contribution in [3.05, 3.63) is 65.0 Å². The first-order valence-corrected chi connectivity index (χ1v) is 6.27. The van der Waals surface area contributed by atoms with Crippen molar-refractivity contribution in [3.8, 4) is 0 Å². The Morgan fingerprint density at radius 2 is 1.90 bits per heavy atom. The molecule has 1 aromatic heterocycles. The van der Waals surface area contributed by atoms with Crippen molar-refractivity contribution >= 4 is 0 Å². The number of hydrogen-bond donors (Lipinski definition) is 0. The van der Waals surface area contributed by atoms with Crippen molar-refractivity contribution in [2.24, 2.45) is 0 Å². The van der Waals surface area contributed by atoms with Gasteiger partial charge in [-0.25, -0.2) is 8.78 Å². The summed E-state index contributed by atoms with van der Waals surface area (Å²) in [5.74, 6) is -5.40. The molecule has 0 N–H and O–H groups in total. The fraction of sp³-hybridized carbons (Fsp3) is 0.267. The SMILES string of the molecule is Cc1ccc(C(F)(F)[C@]2(c3ccc(F)cc3F)CO2)nc1. The zero-order chi connectivity index (χ0) is 15.3. The number of aryl methyl sites for hydroxylation is 1. The normalized spacial score (nSPS) is 21.4. The molecule has 0 unspecified atom stereocenters. The van der Waals surface area contributed by atoms with E-state index in [2.05, 4.69) is 4.98 Å². The minimum absolute atomic E-state index is 0.349. The van der Waals surface area contributed by atoms with Crippen LogP contribution in [0.5, 0.6) is 0 Å². The topological polar surface area (TPSA) is 25.4 Å². The van der Waals surface area contributed by atoms with Gasteiger partial charge in [0, 0.05) is 17.8 Å².